The first-order valence-corrected chi connectivity index (χ1v) is 7.64. The smallest absolute Gasteiger partial charge is 0.346 e. The zero-order valence-electron chi connectivity index (χ0n) is 11.9. The molecule has 0 aliphatic heterocycles. The third-order valence-corrected chi connectivity index (χ3v) is 4.55. The summed E-state index contributed by atoms with van der Waals surface area (Å²) >= 11 is 6.91. The molecule has 0 aliphatic rings. The van der Waals surface area contributed by atoms with Crippen LogP contribution in [-0.4, -0.2) is 13.7 Å². The standard InChI is InChI=1S/C14H12ClN3O3S/c1-8-12(9(2)21-16-8)18-13(19)17(14(20)22-18)7-10-5-3-4-6-11(10)15/h3-6H,7H2,1-2H3. The molecule has 8 heteroatoms. The molecule has 1 aromatic carbocycles. The van der Waals surface area contributed by atoms with E-state index in [1.165, 1.54) is 3.96 Å². The van der Waals surface area contributed by atoms with Gasteiger partial charge in [0.15, 0.2) is 5.76 Å². The van der Waals surface area contributed by atoms with Crippen LogP contribution in [0.3, 0.4) is 0 Å². The van der Waals surface area contributed by atoms with Crippen molar-refractivity contribution in [3.63, 3.8) is 0 Å². The second kappa shape index (κ2) is 5.58. The summed E-state index contributed by atoms with van der Waals surface area (Å²) in [7, 11) is 0. The van der Waals surface area contributed by atoms with Gasteiger partial charge in [-0.1, -0.05) is 35.0 Å². The van der Waals surface area contributed by atoms with Gasteiger partial charge in [0, 0.05) is 16.6 Å². The largest absolute Gasteiger partial charge is 0.359 e. The van der Waals surface area contributed by atoms with Crippen molar-refractivity contribution in [2.75, 3.05) is 0 Å². The van der Waals surface area contributed by atoms with Crippen LogP contribution < -0.4 is 10.6 Å². The average Bonchev–Trinajstić information content (AvgIpc) is 2.95. The van der Waals surface area contributed by atoms with Crippen molar-refractivity contribution in [3.8, 4) is 5.69 Å². The van der Waals surface area contributed by atoms with Gasteiger partial charge in [-0.2, -0.15) is 0 Å². The van der Waals surface area contributed by atoms with Crippen molar-refractivity contribution in [2.24, 2.45) is 0 Å². The number of aromatic nitrogens is 3. The van der Waals surface area contributed by atoms with Crippen LogP contribution in [0, 0.1) is 13.8 Å². The molecular formula is C14H12ClN3O3S. The van der Waals surface area contributed by atoms with Crippen molar-refractivity contribution >= 4 is 23.1 Å². The molecular weight excluding hydrogens is 326 g/mol. The van der Waals surface area contributed by atoms with Crippen LogP contribution in [0.15, 0.2) is 38.4 Å². The topological polar surface area (TPSA) is 70.0 Å². The molecule has 0 saturated heterocycles. The molecule has 6 nitrogen and oxygen atoms in total. The highest BCUT2D eigenvalue weighted by Crippen LogP contribution is 2.18. The fourth-order valence-corrected chi connectivity index (χ4v) is 3.31. The van der Waals surface area contributed by atoms with Gasteiger partial charge < -0.3 is 4.52 Å². The van der Waals surface area contributed by atoms with Crippen molar-refractivity contribution in [3.05, 3.63) is 66.5 Å². The molecule has 0 atom stereocenters. The first-order chi connectivity index (χ1) is 10.5. The summed E-state index contributed by atoms with van der Waals surface area (Å²) in [5, 5.41) is 4.33. The van der Waals surface area contributed by atoms with Gasteiger partial charge in [0.2, 0.25) is 0 Å². The number of aryl methyl sites for hydroxylation is 2. The molecule has 0 aliphatic carbocycles. The van der Waals surface area contributed by atoms with E-state index in [-0.39, 0.29) is 11.4 Å². The highest BCUT2D eigenvalue weighted by atomic mass is 35.5. The minimum atomic E-state index is -0.427. The number of halogens is 1. The molecule has 0 saturated carbocycles. The van der Waals surface area contributed by atoms with E-state index >= 15 is 0 Å². The number of hydrogen-bond acceptors (Lipinski definition) is 5. The average molecular weight is 338 g/mol. The summed E-state index contributed by atoms with van der Waals surface area (Å²) in [6.07, 6.45) is 0. The lowest BCUT2D eigenvalue weighted by atomic mass is 10.2. The summed E-state index contributed by atoms with van der Waals surface area (Å²) in [6, 6.07) is 7.11. The quantitative estimate of drug-likeness (QED) is 0.735. The van der Waals surface area contributed by atoms with Gasteiger partial charge in [0.25, 0.3) is 0 Å². The number of nitrogens with zero attached hydrogens (tertiary/aromatic N) is 3. The molecule has 0 bridgehead atoms. The van der Waals surface area contributed by atoms with Crippen molar-refractivity contribution < 1.29 is 4.52 Å². The summed E-state index contributed by atoms with van der Waals surface area (Å²) in [4.78, 5) is 24.3. The van der Waals surface area contributed by atoms with Gasteiger partial charge in [0.05, 0.1) is 6.54 Å². The van der Waals surface area contributed by atoms with E-state index < -0.39 is 5.69 Å². The Morgan fingerprint density at radius 1 is 1.27 bits per heavy atom. The third kappa shape index (κ3) is 2.42. The SMILES string of the molecule is Cc1noc(C)c1-n1sc(=O)n(Cc2ccccc2Cl)c1=O. The highest BCUT2D eigenvalue weighted by Gasteiger charge is 2.19. The second-order valence-electron chi connectivity index (χ2n) is 4.78. The van der Waals surface area contributed by atoms with Gasteiger partial charge in [-0.15, -0.1) is 0 Å². The fourth-order valence-electron chi connectivity index (χ4n) is 2.19. The maximum atomic E-state index is 12.5. The lowest BCUT2D eigenvalue weighted by molar-refractivity contribution is 0.393. The highest BCUT2D eigenvalue weighted by molar-refractivity contribution is 7.03. The normalized spacial score (nSPS) is 11.0. The number of hydrogen-bond donors (Lipinski definition) is 0. The van der Waals surface area contributed by atoms with Crippen molar-refractivity contribution in [1.29, 1.82) is 0 Å². The van der Waals surface area contributed by atoms with Crippen LogP contribution >= 0.6 is 23.1 Å². The van der Waals surface area contributed by atoms with Crippen LogP contribution in [0.25, 0.3) is 5.69 Å². The minimum absolute atomic E-state index is 0.129. The molecule has 2 heterocycles. The van der Waals surface area contributed by atoms with Gasteiger partial charge in [-0.05, 0) is 25.5 Å². The Morgan fingerprint density at radius 3 is 2.64 bits per heavy atom. The zero-order valence-corrected chi connectivity index (χ0v) is 13.4. The lowest BCUT2D eigenvalue weighted by Gasteiger charge is -2.03. The summed E-state index contributed by atoms with van der Waals surface area (Å²) in [5.74, 6) is 0.491. The Kier molecular flexibility index (Phi) is 3.76. The summed E-state index contributed by atoms with van der Waals surface area (Å²) in [5.41, 5.74) is 1.37. The summed E-state index contributed by atoms with van der Waals surface area (Å²) < 4.78 is 7.51. The monoisotopic (exact) mass is 337 g/mol. The van der Waals surface area contributed by atoms with Gasteiger partial charge >= 0.3 is 10.6 Å². The van der Waals surface area contributed by atoms with E-state index in [4.69, 9.17) is 16.1 Å². The molecule has 0 unspecified atom stereocenters. The fraction of sp³-hybridized carbons (Fsp3) is 0.214. The molecule has 3 aromatic rings. The van der Waals surface area contributed by atoms with E-state index in [1.807, 2.05) is 6.07 Å². The van der Waals surface area contributed by atoms with Crippen LogP contribution in [0.2, 0.25) is 5.02 Å². The molecule has 0 spiro atoms. The number of benzene rings is 1. The van der Waals surface area contributed by atoms with E-state index in [1.54, 1.807) is 32.0 Å². The third-order valence-electron chi connectivity index (χ3n) is 3.28. The molecule has 114 valence electrons. The van der Waals surface area contributed by atoms with Crippen LogP contribution in [0.1, 0.15) is 17.0 Å². The van der Waals surface area contributed by atoms with Crippen LogP contribution in [-0.2, 0) is 6.54 Å². The number of rotatable bonds is 3. The Labute approximate surface area is 134 Å². The maximum Gasteiger partial charge on any atom is 0.346 e. The minimum Gasteiger partial charge on any atom is -0.359 e. The predicted octanol–water partition coefficient (Wildman–Crippen LogP) is 2.37. The molecule has 3 rings (SSSR count). The Bertz CT molecular complexity index is 931. The molecule has 0 fully saturated rings. The van der Waals surface area contributed by atoms with E-state index in [9.17, 15) is 9.59 Å². The van der Waals surface area contributed by atoms with Crippen molar-refractivity contribution in [2.45, 2.75) is 20.4 Å². The van der Waals surface area contributed by atoms with E-state index in [0.29, 0.717) is 27.7 Å². The Morgan fingerprint density at radius 2 is 2.00 bits per heavy atom. The van der Waals surface area contributed by atoms with Gasteiger partial charge in [0.1, 0.15) is 11.4 Å². The van der Waals surface area contributed by atoms with Crippen molar-refractivity contribution in [1.82, 2.24) is 13.7 Å². The maximum absolute atomic E-state index is 12.5. The molecule has 22 heavy (non-hydrogen) atoms. The molecule has 0 amide bonds. The summed E-state index contributed by atoms with van der Waals surface area (Å²) in [6.45, 7) is 3.55. The predicted molar refractivity (Wildman–Crippen MR) is 84.3 cm³/mol. The Balaban J connectivity index is 2.11. The van der Waals surface area contributed by atoms with Crippen LogP contribution in [0.4, 0.5) is 0 Å². The van der Waals surface area contributed by atoms with Gasteiger partial charge in [-0.3, -0.25) is 4.79 Å². The van der Waals surface area contributed by atoms with Crippen LogP contribution in [0.5, 0.6) is 0 Å². The van der Waals surface area contributed by atoms with E-state index in [0.717, 1.165) is 16.1 Å². The molecule has 2 aromatic heterocycles. The second-order valence-corrected chi connectivity index (χ2v) is 6.09. The lowest BCUT2D eigenvalue weighted by Crippen LogP contribution is -2.29. The van der Waals surface area contributed by atoms with Gasteiger partial charge in [-0.25, -0.2) is 13.3 Å². The zero-order chi connectivity index (χ0) is 15.9. The Hall–Kier alpha value is -2.12. The molecule has 0 N–H and O–H groups in total. The first-order valence-electron chi connectivity index (χ1n) is 6.49. The van der Waals surface area contributed by atoms with E-state index in [2.05, 4.69) is 5.16 Å². The molecule has 0 radical (unpaired) electrons. The first kappa shape index (κ1) is 14.8.